The van der Waals surface area contributed by atoms with Crippen molar-refractivity contribution in [2.75, 3.05) is 19.6 Å². The molecular formula is C33H39N5O3. The normalized spacial score (nSPS) is 24.0. The minimum atomic E-state index is -0.287. The van der Waals surface area contributed by atoms with E-state index in [9.17, 15) is 14.4 Å². The molecule has 6 rings (SSSR count). The van der Waals surface area contributed by atoms with E-state index < -0.39 is 0 Å². The Morgan fingerprint density at radius 2 is 1.66 bits per heavy atom. The van der Waals surface area contributed by atoms with Crippen LogP contribution in [0.2, 0.25) is 0 Å². The number of nitrogens with zero attached hydrogens (tertiary/aromatic N) is 4. The smallest absolute Gasteiger partial charge is 0.320 e. The van der Waals surface area contributed by atoms with Gasteiger partial charge in [0, 0.05) is 43.7 Å². The topological polar surface area (TPSA) is 102 Å². The Balaban J connectivity index is 1.20. The molecule has 214 valence electrons. The highest BCUT2D eigenvalue weighted by atomic mass is 16.2. The molecule has 2 aromatic carbocycles. The van der Waals surface area contributed by atoms with Gasteiger partial charge in [-0.05, 0) is 49.0 Å². The molecule has 1 spiro atoms. The van der Waals surface area contributed by atoms with E-state index in [1.165, 1.54) is 0 Å². The summed E-state index contributed by atoms with van der Waals surface area (Å²) in [5.74, 6) is -0.205. The third-order valence-electron chi connectivity index (χ3n) is 9.79. The van der Waals surface area contributed by atoms with Gasteiger partial charge in [-0.25, -0.2) is 9.78 Å². The van der Waals surface area contributed by atoms with Crippen molar-refractivity contribution in [2.45, 2.75) is 57.5 Å². The highest BCUT2D eigenvalue weighted by molar-refractivity contribution is 5.79. The number of hydrogen-bond acceptors (Lipinski definition) is 4. The maximum Gasteiger partial charge on any atom is 0.320 e. The van der Waals surface area contributed by atoms with E-state index in [2.05, 4.69) is 4.98 Å². The molecule has 3 aliphatic rings. The average Bonchev–Trinajstić information content (AvgIpc) is 3.48. The van der Waals surface area contributed by atoms with Crippen LogP contribution in [-0.4, -0.2) is 50.9 Å². The molecule has 3 aromatic rings. The molecule has 1 aliphatic carbocycles. The third kappa shape index (κ3) is 5.52. The second kappa shape index (κ2) is 11.5. The van der Waals surface area contributed by atoms with Gasteiger partial charge in [0.1, 0.15) is 0 Å². The van der Waals surface area contributed by atoms with Gasteiger partial charge in [0.2, 0.25) is 5.91 Å². The fraction of sp³-hybridized carbons (Fsp3) is 0.455. The molecule has 3 unspecified atom stereocenters. The van der Waals surface area contributed by atoms with Crippen LogP contribution in [0.25, 0.3) is 11.3 Å². The molecule has 2 N–H and O–H groups in total. The lowest BCUT2D eigenvalue weighted by molar-refractivity contribution is -0.123. The van der Waals surface area contributed by atoms with Gasteiger partial charge in [-0.15, -0.1) is 0 Å². The first kappa shape index (κ1) is 27.2. The van der Waals surface area contributed by atoms with Gasteiger partial charge < -0.3 is 15.5 Å². The lowest BCUT2D eigenvalue weighted by Gasteiger charge is -2.49. The molecule has 1 saturated carbocycles. The lowest BCUT2D eigenvalue weighted by atomic mass is 9.69. The molecule has 41 heavy (non-hydrogen) atoms. The van der Waals surface area contributed by atoms with E-state index in [1.54, 1.807) is 17.0 Å². The van der Waals surface area contributed by atoms with Gasteiger partial charge in [0.25, 0.3) is 5.56 Å². The standard InChI is InChI=1S/C33H39N5O3/c34-31(40)26-13-18-38(29(19-26)25-11-5-2-6-12-25)32(41)36-17-14-27(33(22-36)15-7-8-16-33)21-37-23-35-28(20-30(37)39)24-9-3-1-4-10-24/h1-6,9-12,20,23,26-27,29H,7-8,13-19,21-22H2,(H2,34,40). The van der Waals surface area contributed by atoms with Gasteiger partial charge in [-0.1, -0.05) is 73.5 Å². The van der Waals surface area contributed by atoms with Crippen LogP contribution < -0.4 is 11.3 Å². The van der Waals surface area contributed by atoms with Crippen LogP contribution in [0.15, 0.2) is 77.9 Å². The summed E-state index contributed by atoms with van der Waals surface area (Å²) in [6.07, 6.45) is 8.13. The van der Waals surface area contributed by atoms with Crippen LogP contribution in [0, 0.1) is 17.3 Å². The Morgan fingerprint density at radius 3 is 2.34 bits per heavy atom. The number of aromatic nitrogens is 2. The number of hydrogen-bond donors (Lipinski definition) is 1. The van der Waals surface area contributed by atoms with Crippen molar-refractivity contribution >= 4 is 11.9 Å². The summed E-state index contributed by atoms with van der Waals surface area (Å²) >= 11 is 0. The Morgan fingerprint density at radius 1 is 0.951 bits per heavy atom. The van der Waals surface area contributed by atoms with E-state index in [1.807, 2.05) is 70.5 Å². The van der Waals surface area contributed by atoms with Crippen molar-refractivity contribution < 1.29 is 9.59 Å². The molecule has 3 fully saturated rings. The third-order valence-corrected chi connectivity index (χ3v) is 9.79. The molecule has 3 atom stereocenters. The number of carbonyl (C=O) groups is 2. The highest BCUT2D eigenvalue weighted by Crippen LogP contribution is 2.49. The van der Waals surface area contributed by atoms with Crippen molar-refractivity contribution in [1.82, 2.24) is 19.4 Å². The number of rotatable bonds is 5. The molecule has 8 heteroatoms. The number of urea groups is 1. The minimum absolute atomic E-state index is 0.000752. The van der Waals surface area contributed by atoms with Crippen LogP contribution in [0.3, 0.4) is 0 Å². The molecular weight excluding hydrogens is 514 g/mol. The fourth-order valence-corrected chi connectivity index (χ4v) is 7.49. The SMILES string of the molecule is NC(=O)C1CCN(C(=O)N2CCC(Cn3cnc(-c4ccccc4)cc3=O)C3(CCCC3)C2)C(c2ccccc2)C1. The molecule has 0 radical (unpaired) electrons. The molecule has 2 aliphatic heterocycles. The summed E-state index contributed by atoms with van der Waals surface area (Å²) in [6, 6.07) is 21.3. The molecule has 3 heterocycles. The maximum absolute atomic E-state index is 14.1. The number of nitrogens with two attached hydrogens (primary N) is 1. The highest BCUT2D eigenvalue weighted by Gasteiger charge is 2.48. The molecule has 3 amide bonds. The summed E-state index contributed by atoms with van der Waals surface area (Å²) < 4.78 is 1.76. The summed E-state index contributed by atoms with van der Waals surface area (Å²) in [5.41, 5.74) is 8.33. The maximum atomic E-state index is 14.1. The zero-order valence-corrected chi connectivity index (χ0v) is 23.5. The van der Waals surface area contributed by atoms with Crippen LogP contribution in [-0.2, 0) is 11.3 Å². The van der Waals surface area contributed by atoms with E-state index in [-0.39, 0.29) is 34.9 Å². The van der Waals surface area contributed by atoms with E-state index in [0.29, 0.717) is 50.6 Å². The molecule has 1 aromatic heterocycles. The van der Waals surface area contributed by atoms with Crippen LogP contribution in [0.5, 0.6) is 0 Å². The van der Waals surface area contributed by atoms with Crippen LogP contribution in [0.4, 0.5) is 4.79 Å². The Hall–Kier alpha value is -3.94. The second-order valence-corrected chi connectivity index (χ2v) is 12.1. The predicted octanol–water partition coefficient (Wildman–Crippen LogP) is 4.85. The van der Waals surface area contributed by atoms with Gasteiger partial charge in [-0.3, -0.25) is 14.2 Å². The lowest BCUT2D eigenvalue weighted by Crippen LogP contribution is -2.56. The van der Waals surface area contributed by atoms with Gasteiger partial charge in [-0.2, -0.15) is 0 Å². The Labute approximate surface area is 241 Å². The first-order chi connectivity index (χ1) is 19.9. The minimum Gasteiger partial charge on any atom is -0.369 e. The Bertz CT molecular complexity index is 1430. The quantitative estimate of drug-likeness (QED) is 0.488. The van der Waals surface area contributed by atoms with Gasteiger partial charge in [0.15, 0.2) is 0 Å². The zero-order chi connectivity index (χ0) is 28.4. The number of amides is 3. The predicted molar refractivity (Wildman–Crippen MR) is 158 cm³/mol. The van der Waals surface area contributed by atoms with Gasteiger partial charge in [0.05, 0.1) is 18.1 Å². The summed E-state index contributed by atoms with van der Waals surface area (Å²) in [4.78, 5) is 47.9. The van der Waals surface area contributed by atoms with Crippen molar-refractivity contribution in [3.63, 3.8) is 0 Å². The van der Waals surface area contributed by atoms with Crippen molar-refractivity contribution in [3.8, 4) is 11.3 Å². The monoisotopic (exact) mass is 553 g/mol. The number of likely N-dealkylation sites (tertiary alicyclic amines) is 2. The van der Waals surface area contributed by atoms with Crippen molar-refractivity contribution in [2.24, 2.45) is 23.0 Å². The number of primary amides is 1. The number of carbonyl (C=O) groups excluding carboxylic acids is 2. The summed E-state index contributed by atoms with van der Waals surface area (Å²) in [7, 11) is 0. The van der Waals surface area contributed by atoms with Gasteiger partial charge >= 0.3 is 6.03 Å². The summed E-state index contributed by atoms with van der Waals surface area (Å²) in [6.45, 7) is 2.51. The molecule has 2 saturated heterocycles. The van der Waals surface area contributed by atoms with Crippen LogP contribution in [0.1, 0.15) is 56.6 Å². The van der Waals surface area contributed by atoms with E-state index >= 15 is 0 Å². The summed E-state index contributed by atoms with van der Waals surface area (Å²) in [5, 5.41) is 0. The zero-order valence-electron chi connectivity index (χ0n) is 23.5. The van der Waals surface area contributed by atoms with E-state index in [4.69, 9.17) is 5.73 Å². The fourth-order valence-electron chi connectivity index (χ4n) is 7.49. The van der Waals surface area contributed by atoms with Crippen molar-refractivity contribution in [3.05, 3.63) is 89.0 Å². The molecule has 0 bridgehead atoms. The number of piperidine rings is 2. The molecule has 8 nitrogen and oxygen atoms in total. The number of benzene rings is 2. The largest absolute Gasteiger partial charge is 0.369 e. The average molecular weight is 554 g/mol. The first-order valence-corrected chi connectivity index (χ1v) is 15.0. The van der Waals surface area contributed by atoms with Crippen LogP contribution >= 0.6 is 0 Å². The van der Waals surface area contributed by atoms with Crippen molar-refractivity contribution in [1.29, 1.82) is 0 Å². The first-order valence-electron chi connectivity index (χ1n) is 15.0. The Kier molecular flexibility index (Phi) is 7.65. The second-order valence-electron chi connectivity index (χ2n) is 12.1. The van der Waals surface area contributed by atoms with E-state index in [0.717, 1.165) is 43.2 Å².